The molecule has 1 N–H and O–H groups in total. The SMILES string of the molecule is CCOP(=O)(Cc1coc2ccccc12)OCC.CCOP(=O)(OCC)C(C(=O)Nc1ccc2ccccc2c1)c1coc2ccccc12.O=C=Nc1ccc2ccccc2c1.[CH2-]CCC.[Li+]. The van der Waals surface area contributed by atoms with Crippen LogP contribution < -0.4 is 24.2 Å². The molecule has 0 aliphatic heterocycles. The van der Waals surface area contributed by atoms with E-state index in [0.29, 0.717) is 41.1 Å². The smallest absolute Gasteiger partial charge is 0.464 e. The van der Waals surface area contributed by atoms with Gasteiger partial charge >= 0.3 is 34.1 Å². The van der Waals surface area contributed by atoms with Gasteiger partial charge in [-0.3, -0.25) is 13.9 Å². The Kier molecular flexibility index (Phi) is 22.3. The summed E-state index contributed by atoms with van der Waals surface area (Å²) in [6.45, 7) is 13.8. The van der Waals surface area contributed by atoms with Crippen molar-refractivity contribution >= 4 is 82.0 Å². The summed E-state index contributed by atoms with van der Waals surface area (Å²) in [5, 5.41) is 8.83. The van der Waals surface area contributed by atoms with Crippen LogP contribution >= 0.6 is 15.2 Å². The standard InChI is InChI=1S/C24H24NO5P.C13H17O4P.C11H7NO.C4H9.Li/c1-3-29-31(27,30-4-2)23(21-16-28-22-12-8-7-11-20(21)22)24(26)25-19-14-13-17-9-5-6-10-18(17)15-19;1-3-16-18(14,17-4-2)10-11-9-15-13-8-6-5-7-12(11)13;13-8-12-11-6-5-9-3-1-2-4-10(9)7-11;1-3-4-2;/h5-16,23H,3-4H2,1-2H3,(H,25,26);5-9H,3-4,10H2,1-2H3;1-7H;1,3-4H2,2H3;/q;;;-1;+1. The molecule has 1 unspecified atom stereocenters. The van der Waals surface area contributed by atoms with E-state index in [-0.39, 0.29) is 38.2 Å². The van der Waals surface area contributed by atoms with Crippen molar-refractivity contribution in [2.45, 2.75) is 59.3 Å². The molecule has 1 amide bonds. The monoisotopic (exact) mass is 938 g/mol. The van der Waals surface area contributed by atoms with E-state index in [1.165, 1.54) is 18.8 Å². The van der Waals surface area contributed by atoms with Gasteiger partial charge < -0.3 is 39.2 Å². The molecule has 15 heteroatoms. The summed E-state index contributed by atoms with van der Waals surface area (Å²) in [4.78, 5) is 27.1. The number of hydrogen-bond donors (Lipinski definition) is 1. The molecule has 0 saturated heterocycles. The molecule has 6 aromatic carbocycles. The number of aliphatic imine (C=N–C) groups is 1. The number of carbonyl (C=O) groups excluding carboxylic acids is 2. The minimum Gasteiger partial charge on any atom is -0.464 e. The summed E-state index contributed by atoms with van der Waals surface area (Å²) in [5.41, 5.74) is 2.78. The van der Waals surface area contributed by atoms with E-state index in [1.807, 2.05) is 121 Å². The molecule has 8 rings (SSSR count). The number of amides is 1. The van der Waals surface area contributed by atoms with Crippen LogP contribution in [0.4, 0.5) is 11.4 Å². The maximum atomic E-state index is 13.8. The van der Waals surface area contributed by atoms with Crippen molar-refractivity contribution in [1.82, 2.24) is 0 Å². The molecule has 2 aromatic heterocycles. The average Bonchev–Trinajstić information content (AvgIpc) is 3.94. The fourth-order valence-corrected chi connectivity index (χ4v) is 10.6. The first-order valence-corrected chi connectivity index (χ1v) is 25.2. The number of fused-ring (bicyclic) bond motifs is 4. The van der Waals surface area contributed by atoms with Gasteiger partial charge in [-0.2, -0.15) is 11.4 Å². The van der Waals surface area contributed by atoms with Gasteiger partial charge in [0, 0.05) is 27.6 Å². The van der Waals surface area contributed by atoms with Gasteiger partial charge in [-0.05, 0) is 85.6 Å². The number of hydrogen-bond acceptors (Lipinski definition) is 11. The Morgan fingerprint density at radius 3 is 1.72 bits per heavy atom. The van der Waals surface area contributed by atoms with Crippen molar-refractivity contribution in [3.63, 3.8) is 0 Å². The maximum absolute atomic E-state index is 13.8. The first-order valence-electron chi connectivity index (χ1n) is 21.9. The van der Waals surface area contributed by atoms with Crippen LogP contribution in [0.25, 0.3) is 43.5 Å². The van der Waals surface area contributed by atoms with Gasteiger partial charge in [-0.15, -0.1) is 0 Å². The molecule has 0 spiro atoms. The first kappa shape index (κ1) is 54.3. The Bertz CT molecular complexity index is 2920. The molecule has 0 radical (unpaired) electrons. The number of carbonyl (C=O) groups is 1. The van der Waals surface area contributed by atoms with Gasteiger partial charge in [0.25, 0.3) is 0 Å². The third-order valence-electron chi connectivity index (χ3n) is 9.84. The summed E-state index contributed by atoms with van der Waals surface area (Å²) in [7, 11) is -6.91. The third kappa shape index (κ3) is 15.1. The van der Waals surface area contributed by atoms with E-state index >= 15 is 0 Å². The zero-order valence-corrected chi connectivity index (χ0v) is 40.8. The molecule has 0 aliphatic carbocycles. The molecule has 0 bridgehead atoms. The summed E-state index contributed by atoms with van der Waals surface area (Å²) in [5.74, 6) is -0.480. The van der Waals surface area contributed by atoms with Crippen molar-refractivity contribution in [3.05, 3.63) is 164 Å². The van der Waals surface area contributed by atoms with Crippen molar-refractivity contribution in [2.24, 2.45) is 4.99 Å². The Labute approximate surface area is 404 Å². The number of unbranched alkanes of at least 4 members (excludes halogenated alkanes) is 1. The quantitative estimate of drug-likeness (QED) is 0.0325. The fourth-order valence-electron chi connectivity index (χ4n) is 6.87. The number of nitrogens with zero attached hydrogens (tertiary/aromatic N) is 1. The van der Waals surface area contributed by atoms with E-state index < -0.39 is 26.8 Å². The number of para-hydroxylation sites is 2. The number of nitrogens with one attached hydrogen (secondary N) is 1. The van der Waals surface area contributed by atoms with Gasteiger partial charge in [0.1, 0.15) is 11.2 Å². The second-order valence-electron chi connectivity index (χ2n) is 14.5. The molecule has 0 saturated carbocycles. The number of isocyanates is 1. The normalized spacial score (nSPS) is 11.5. The predicted octanol–water partition coefficient (Wildman–Crippen LogP) is 12.2. The molecule has 2 heterocycles. The van der Waals surface area contributed by atoms with Crippen LogP contribution in [0.5, 0.6) is 0 Å². The fraction of sp³-hybridized carbons (Fsp3) is 0.250. The van der Waals surface area contributed by atoms with Crippen molar-refractivity contribution < 1.29 is 64.5 Å². The van der Waals surface area contributed by atoms with Crippen molar-refractivity contribution in [1.29, 1.82) is 0 Å². The topological polar surface area (TPSA) is 156 Å². The van der Waals surface area contributed by atoms with Gasteiger partial charge in [-0.1, -0.05) is 110 Å². The summed E-state index contributed by atoms with van der Waals surface area (Å²) in [6.07, 6.45) is 7.12. The van der Waals surface area contributed by atoms with Crippen LogP contribution in [0.2, 0.25) is 0 Å². The van der Waals surface area contributed by atoms with Crippen LogP contribution in [0.3, 0.4) is 0 Å². The van der Waals surface area contributed by atoms with Crippen LogP contribution in [-0.2, 0) is 43.0 Å². The second-order valence-corrected chi connectivity index (χ2v) is 18.6. The van der Waals surface area contributed by atoms with E-state index in [2.05, 4.69) is 24.2 Å². The summed E-state index contributed by atoms with van der Waals surface area (Å²) in [6, 6.07) is 42.0. The summed E-state index contributed by atoms with van der Waals surface area (Å²) < 4.78 is 58.9. The third-order valence-corrected chi connectivity index (χ3v) is 14.3. The Morgan fingerprint density at radius 2 is 1.15 bits per heavy atom. The van der Waals surface area contributed by atoms with Crippen LogP contribution in [0, 0.1) is 6.92 Å². The Balaban J connectivity index is 0.000000229. The zero-order valence-electron chi connectivity index (χ0n) is 39.0. The largest absolute Gasteiger partial charge is 1.00 e. The molecular formula is C52H57LiN2O10P2. The molecule has 0 fully saturated rings. The predicted molar refractivity (Wildman–Crippen MR) is 265 cm³/mol. The molecule has 12 nitrogen and oxygen atoms in total. The Hall–Kier alpha value is -5.33. The average molecular weight is 939 g/mol. The van der Waals surface area contributed by atoms with E-state index in [9.17, 15) is 18.7 Å². The van der Waals surface area contributed by atoms with Gasteiger partial charge in [0.05, 0.1) is 50.8 Å². The molecule has 1 atom stereocenters. The minimum absolute atomic E-state index is 0. The maximum Gasteiger partial charge on any atom is 1.00 e. The van der Waals surface area contributed by atoms with E-state index in [0.717, 1.165) is 44.5 Å². The van der Waals surface area contributed by atoms with Crippen LogP contribution in [0.15, 0.2) is 160 Å². The first-order chi connectivity index (χ1) is 32.0. The van der Waals surface area contributed by atoms with Crippen LogP contribution in [-0.4, -0.2) is 38.4 Å². The van der Waals surface area contributed by atoms with Crippen molar-refractivity contribution in [3.8, 4) is 0 Å². The van der Waals surface area contributed by atoms with Crippen molar-refractivity contribution in [2.75, 3.05) is 31.7 Å². The van der Waals surface area contributed by atoms with Crippen LogP contribution in [0.1, 0.15) is 64.2 Å². The number of anilines is 1. The molecule has 67 heavy (non-hydrogen) atoms. The number of rotatable bonds is 16. The zero-order chi connectivity index (χ0) is 47.4. The summed E-state index contributed by atoms with van der Waals surface area (Å²) >= 11 is 0. The second kappa shape index (κ2) is 27.5. The molecular weight excluding hydrogens is 881 g/mol. The van der Waals surface area contributed by atoms with Gasteiger partial charge in [0.2, 0.25) is 12.0 Å². The molecule has 346 valence electrons. The van der Waals surface area contributed by atoms with Gasteiger partial charge in [-0.25, -0.2) is 4.79 Å². The van der Waals surface area contributed by atoms with E-state index in [1.54, 1.807) is 46.1 Å². The Morgan fingerprint density at radius 1 is 0.657 bits per heavy atom. The molecule has 0 aliphatic rings. The van der Waals surface area contributed by atoms with E-state index in [4.69, 9.17) is 26.9 Å². The number of benzene rings is 6. The number of furan rings is 2. The molecule has 8 aromatic rings. The van der Waals surface area contributed by atoms with Gasteiger partial charge in [0.15, 0.2) is 5.66 Å². The minimum atomic E-state index is -3.84.